The van der Waals surface area contributed by atoms with Crippen LogP contribution in [0.5, 0.6) is 0 Å². The smallest absolute Gasteiger partial charge is 0.170 e. The number of rotatable bonds is 2. The molecule has 0 spiro atoms. The summed E-state index contributed by atoms with van der Waals surface area (Å²) in [4.78, 5) is 16.8. The van der Waals surface area contributed by atoms with Gasteiger partial charge in [-0.05, 0) is 48.9 Å². The monoisotopic (exact) mass is 266 g/mol. The Morgan fingerprint density at radius 3 is 2.75 bits per heavy atom. The first-order valence-electron chi connectivity index (χ1n) is 6.99. The lowest BCUT2D eigenvalue weighted by Crippen LogP contribution is -2.24. The van der Waals surface area contributed by atoms with E-state index in [2.05, 4.69) is 23.2 Å². The molecule has 2 N–H and O–H groups in total. The fraction of sp³-hybridized carbons (Fsp3) is 0.294. The number of carbonyl (C=O) groups excluding carboxylic acids is 1. The van der Waals surface area contributed by atoms with Crippen LogP contribution in [-0.2, 0) is 12.8 Å². The predicted molar refractivity (Wildman–Crippen MR) is 79.7 cm³/mol. The average molecular weight is 266 g/mol. The lowest BCUT2D eigenvalue weighted by Gasteiger charge is -2.24. The highest BCUT2D eigenvalue weighted by Gasteiger charge is 2.27. The van der Waals surface area contributed by atoms with Crippen LogP contribution in [-0.4, -0.2) is 10.8 Å². The van der Waals surface area contributed by atoms with Crippen LogP contribution in [0, 0.1) is 12.8 Å². The molecule has 0 amide bonds. The third-order valence-corrected chi connectivity index (χ3v) is 4.15. The second-order valence-corrected chi connectivity index (χ2v) is 5.46. The van der Waals surface area contributed by atoms with Gasteiger partial charge in [0.2, 0.25) is 0 Å². The number of hydrogen-bond acceptors (Lipinski definition) is 3. The van der Waals surface area contributed by atoms with Crippen LogP contribution in [0.4, 0.5) is 5.82 Å². The minimum atomic E-state index is 0.0232. The summed E-state index contributed by atoms with van der Waals surface area (Å²) in [6.07, 6.45) is 4.32. The molecule has 20 heavy (non-hydrogen) atoms. The summed E-state index contributed by atoms with van der Waals surface area (Å²) in [6, 6.07) is 10.2. The average Bonchev–Trinajstić information content (AvgIpc) is 2.46. The number of carbonyl (C=O) groups is 1. The van der Waals surface area contributed by atoms with Crippen molar-refractivity contribution >= 4 is 11.6 Å². The van der Waals surface area contributed by atoms with E-state index in [0.29, 0.717) is 11.4 Å². The number of nitrogens with two attached hydrogens (primary N) is 1. The Hall–Kier alpha value is -2.16. The number of aryl methyl sites for hydroxylation is 2. The molecule has 3 heteroatoms. The first-order chi connectivity index (χ1) is 9.66. The number of nitrogen functional groups attached to an aromatic ring is 1. The molecule has 0 aliphatic heterocycles. The normalized spacial score (nSPS) is 17.6. The Kier molecular flexibility index (Phi) is 3.26. The van der Waals surface area contributed by atoms with Crippen LogP contribution in [0.25, 0.3) is 0 Å². The molecule has 1 atom stereocenters. The van der Waals surface area contributed by atoms with Gasteiger partial charge in [-0.25, -0.2) is 4.98 Å². The SMILES string of the molecule is Cc1ccnc(N)c1C(=O)C1CCc2ccccc2C1. The first kappa shape index (κ1) is 12.9. The molecule has 0 fully saturated rings. The second kappa shape index (κ2) is 5.08. The molecule has 1 heterocycles. The fourth-order valence-electron chi connectivity index (χ4n) is 3.03. The summed E-state index contributed by atoms with van der Waals surface area (Å²) in [5.74, 6) is 0.520. The lowest BCUT2D eigenvalue weighted by atomic mass is 9.79. The molecule has 2 aromatic rings. The number of aromatic nitrogens is 1. The lowest BCUT2D eigenvalue weighted by molar-refractivity contribution is 0.0909. The van der Waals surface area contributed by atoms with E-state index in [1.54, 1.807) is 6.20 Å². The van der Waals surface area contributed by atoms with Gasteiger partial charge in [0.1, 0.15) is 5.82 Å². The Balaban J connectivity index is 1.90. The van der Waals surface area contributed by atoms with Crippen LogP contribution >= 0.6 is 0 Å². The highest BCUT2D eigenvalue weighted by atomic mass is 16.1. The third-order valence-electron chi connectivity index (χ3n) is 4.15. The van der Waals surface area contributed by atoms with E-state index in [-0.39, 0.29) is 11.7 Å². The minimum Gasteiger partial charge on any atom is -0.383 e. The first-order valence-corrected chi connectivity index (χ1v) is 6.99. The summed E-state index contributed by atoms with van der Waals surface area (Å²) >= 11 is 0. The summed E-state index contributed by atoms with van der Waals surface area (Å²) in [5.41, 5.74) is 10.1. The minimum absolute atomic E-state index is 0.0232. The number of ketones is 1. The highest BCUT2D eigenvalue weighted by molar-refractivity contribution is 6.03. The molecule has 1 aromatic carbocycles. The summed E-state index contributed by atoms with van der Waals surface area (Å²) in [5, 5.41) is 0. The van der Waals surface area contributed by atoms with E-state index >= 15 is 0 Å². The van der Waals surface area contributed by atoms with Gasteiger partial charge >= 0.3 is 0 Å². The van der Waals surface area contributed by atoms with Crippen molar-refractivity contribution in [2.75, 3.05) is 5.73 Å². The number of anilines is 1. The fourth-order valence-corrected chi connectivity index (χ4v) is 3.03. The van der Waals surface area contributed by atoms with Gasteiger partial charge in [0.15, 0.2) is 5.78 Å². The molecule has 0 saturated heterocycles. The Morgan fingerprint density at radius 2 is 2.00 bits per heavy atom. The maximum absolute atomic E-state index is 12.7. The van der Waals surface area contributed by atoms with Crippen LogP contribution in [0.3, 0.4) is 0 Å². The summed E-state index contributed by atoms with van der Waals surface area (Å²) in [7, 11) is 0. The number of benzene rings is 1. The molecule has 102 valence electrons. The van der Waals surface area contributed by atoms with Gasteiger partial charge in [-0.1, -0.05) is 24.3 Å². The van der Waals surface area contributed by atoms with Gasteiger partial charge in [-0.15, -0.1) is 0 Å². The number of pyridine rings is 1. The predicted octanol–water partition coefficient (Wildman–Crippen LogP) is 2.96. The van der Waals surface area contributed by atoms with Gasteiger partial charge in [-0.2, -0.15) is 0 Å². The summed E-state index contributed by atoms with van der Waals surface area (Å²) < 4.78 is 0. The van der Waals surface area contributed by atoms with Crippen molar-refractivity contribution in [2.24, 2.45) is 5.92 Å². The quantitative estimate of drug-likeness (QED) is 0.850. The van der Waals surface area contributed by atoms with Crippen LogP contribution in [0.2, 0.25) is 0 Å². The zero-order valence-corrected chi connectivity index (χ0v) is 11.6. The molecule has 0 bridgehead atoms. The molecule has 0 radical (unpaired) electrons. The van der Waals surface area contributed by atoms with Crippen molar-refractivity contribution in [2.45, 2.75) is 26.2 Å². The molecular formula is C17H18N2O. The van der Waals surface area contributed by atoms with E-state index < -0.39 is 0 Å². The van der Waals surface area contributed by atoms with Crippen molar-refractivity contribution in [3.05, 3.63) is 58.8 Å². The van der Waals surface area contributed by atoms with Crippen molar-refractivity contribution < 1.29 is 4.79 Å². The Bertz CT molecular complexity index is 644. The van der Waals surface area contributed by atoms with Gasteiger partial charge in [0, 0.05) is 12.1 Å². The van der Waals surface area contributed by atoms with Crippen molar-refractivity contribution in [1.82, 2.24) is 4.98 Å². The van der Waals surface area contributed by atoms with Crippen LogP contribution in [0.1, 0.15) is 33.5 Å². The molecule has 1 unspecified atom stereocenters. The maximum Gasteiger partial charge on any atom is 0.170 e. The second-order valence-electron chi connectivity index (χ2n) is 5.46. The maximum atomic E-state index is 12.7. The van der Waals surface area contributed by atoms with Crippen molar-refractivity contribution in [3.8, 4) is 0 Å². The van der Waals surface area contributed by atoms with E-state index in [1.165, 1.54) is 11.1 Å². The molecule has 1 aromatic heterocycles. The summed E-state index contributed by atoms with van der Waals surface area (Å²) in [6.45, 7) is 1.92. The standard InChI is InChI=1S/C17H18N2O/c1-11-8-9-19-17(18)15(11)16(20)14-7-6-12-4-2-3-5-13(12)10-14/h2-5,8-9,14H,6-7,10H2,1H3,(H2,18,19). The zero-order valence-electron chi connectivity index (χ0n) is 11.6. The molecule has 3 nitrogen and oxygen atoms in total. The zero-order chi connectivity index (χ0) is 14.1. The molecule has 1 aliphatic rings. The number of fused-ring (bicyclic) bond motifs is 1. The van der Waals surface area contributed by atoms with E-state index in [4.69, 9.17) is 5.73 Å². The van der Waals surface area contributed by atoms with E-state index in [0.717, 1.165) is 24.8 Å². The van der Waals surface area contributed by atoms with Gasteiger partial charge < -0.3 is 5.73 Å². The van der Waals surface area contributed by atoms with E-state index in [1.807, 2.05) is 19.1 Å². The van der Waals surface area contributed by atoms with Gasteiger partial charge in [0.05, 0.1) is 5.56 Å². The van der Waals surface area contributed by atoms with Crippen molar-refractivity contribution in [1.29, 1.82) is 0 Å². The largest absolute Gasteiger partial charge is 0.383 e. The Morgan fingerprint density at radius 1 is 1.25 bits per heavy atom. The molecule has 1 aliphatic carbocycles. The number of hydrogen-bond donors (Lipinski definition) is 1. The molecule has 3 rings (SSSR count). The number of nitrogens with zero attached hydrogens (tertiary/aromatic N) is 1. The topological polar surface area (TPSA) is 56.0 Å². The van der Waals surface area contributed by atoms with Gasteiger partial charge in [0.25, 0.3) is 0 Å². The Labute approximate surface area is 118 Å². The van der Waals surface area contributed by atoms with Gasteiger partial charge in [-0.3, -0.25) is 4.79 Å². The van der Waals surface area contributed by atoms with Crippen LogP contribution < -0.4 is 5.73 Å². The van der Waals surface area contributed by atoms with E-state index in [9.17, 15) is 4.79 Å². The highest BCUT2D eigenvalue weighted by Crippen LogP contribution is 2.29. The van der Waals surface area contributed by atoms with Crippen LogP contribution in [0.15, 0.2) is 36.5 Å². The molecule has 0 saturated carbocycles. The van der Waals surface area contributed by atoms with Crippen molar-refractivity contribution in [3.63, 3.8) is 0 Å². The number of Topliss-reactive ketones (excluding diaryl/α,β-unsaturated/α-hetero) is 1. The third kappa shape index (κ3) is 2.20. The molecular weight excluding hydrogens is 248 g/mol.